The number of amides is 2. The largest absolute Gasteiger partial charge is 0.488 e. The summed E-state index contributed by atoms with van der Waals surface area (Å²) in [5, 5.41) is -0.154. The number of benzene rings is 2. The Hall–Kier alpha value is -1.32. The third-order valence-corrected chi connectivity index (χ3v) is 7.85. The van der Waals surface area contributed by atoms with Crippen molar-refractivity contribution in [3.05, 3.63) is 66.5 Å². The lowest BCUT2D eigenvalue weighted by atomic mass is 9.89. The highest BCUT2D eigenvalue weighted by Crippen LogP contribution is 2.36. The van der Waals surface area contributed by atoms with Gasteiger partial charge in [0.15, 0.2) is 0 Å². The van der Waals surface area contributed by atoms with Crippen molar-refractivity contribution in [2.24, 2.45) is 5.92 Å². The SMILES string of the molecule is O=C1S/C(=C/c2ccc(OCc3ccc(I)cc3)c(Br)c2)C(=O)N1CC1CCCCC1. The molecule has 1 saturated heterocycles. The third-order valence-electron chi connectivity index (χ3n) is 5.60. The zero-order valence-electron chi connectivity index (χ0n) is 17.0. The maximum Gasteiger partial charge on any atom is 0.293 e. The second kappa shape index (κ2) is 10.5. The van der Waals surface area contributed by atoms with Crippen molar-refractivity contribution in [1.82, 2.24) is 4.90 Å². The minimum Gasteiger partial charge on any atom is -0.488 e. The average Bonchev–Trinajstić information content (AvgIpc) is 3.02. The molecule has 0 spiro atoms. The van der Waals surface area contributed by atoms with Crippen molar-refractivity contribution in [2.45, 2.75) is 38.7 Å². The van der Waals surface area contributed by atoms with E-state index < -0.39 is 0 Å². The van der Waals surface area contributed by atoms with Gasteiger partial charge in [0.05, 0.1) is 9.38 Å². The highest BCUT2D eigenvalue weighted by molar-refractivity contribution is 14.1. The van der Waals surface area contributed by atoms with Gasteiger partial charge in [-0.2, -0.15) is 0 Å². The van der Waals surface area contributed by atoms with Crippen molar-refractivity contribution < 1.29 is 14.3 Å². The second-order valence-corrected chi connectivity index (χ2v) is 11.0. The number of nitrogens with zero attached hydrogens (tertiary/aromatic N) is 1. The Kier molecular flexibility index (Phi) is 7.77. The number of thioether (sulfide) groups is 1. The van der Waals surface area contributed by atoms with Gasteiger partial charge in [-0.05, 0) is 111 Å². The lowest BCUT2D eigenvalue weighted by Crippen LogP contribution is -2.34. The summed E-state index contributed by atoms with van der Waals surface area (Å²) in [5.74, 6) is 1.01. The lowest BCUT2D eigenvalue weighted by Gasteiger charge is -2.25. The van der Waals surface area contributed by atoms with Crippen LogP contribution in [-0.2, 0) is 11.4 Å². The fraction of sp³-hybridized carbons (Fsp3) is 0.333. The molecule has 1 aliphatic carbocycles. The van der Waals surface area contributed by atoms with E-state index in [0.717, 1.165) is 46.0 Å². The van der Waals surface area contributed by atoms with Gasteiger partial charge in [-0.3, -0.25) is 14.5 Å². The van der Waals surface area contributed by atoms with E-state index in [0.29, 0.717) is 24.0 Å². The predicted molar refractivity (Wildman–Crippen MR) is 137 cm³/mol. The molecule has 0 atom stereocenters. The molecule has 2 amide bonds. The predicted octanol–water partition coefficient (Wildman–Crippen LogP) is 7.25. The number of ether oxygens (including phenoxy) is 1. The van der Waals surface area contributed by atoms with Gasteiger partial charge in [0.25, 0.3) is 11.1 Å². The van der Waals surface area contributed by atoms with Crippen LogP contribution in [0.5, 0.6) is 5.75 Å². The summed E-state index contributed by atoms with van der Waals surface area (Å²) < 4.78 is 7.93. The highest BCUT2D eigenvalue weighted by Gasteiger charge is 2.36. The Bertz CT molecular complexity index is 1000. The summed E-state index contributed by atoms with van der Waals surface area (Å²) in [7, 11) is 0. The fourth-order valence-corrected chi connectivity index (χ4v) is 5.62. The molecule has 0 radical (unpaired) electrons. The summed E-state index contributed by atoms with van der Waals surface area (Å²) >= 11 is 6.88. The number of rotatable bonds is 6. The Morgan fingerprint density at radius 2 is 1.84 bits per heavy atom. The first kappa shape index (κ1) is 22.9. The zero-order valence-corrected chi connectivity index (χ0v) is 21.5. The van der Waals surface area contributed by atoms with E-state index in [9.17, 15) is 9.59 Å². The van der Waals surface area contributed by atoms with Crippen LogP contribution in [0.4, 0.5) is 4.79 Å². The van der Waals surface area contributed by atoms with Crippen molar-refractivity contribution in [1.29, 1.82) is 0 Å². The van der Waals surface area contributed by atoms with E-state index in [-0.39, 0.29) is 11.1 Å². The van der Waals surface area contributed by atoms with E-state index in [4.69, 9.17) is 4.74 Å². The quantitative estimate of drug-likeness (QED) is 0.255. The van der Waals surface area contributed by atoms with E-state index in [1.54, 1.807) is 6.08 Å². The molecular formula is C24H23BrINO3S. The van der Waals surface area contributed by atoms with Gasteiger partial charge in [-0.15, -0.1) is 0 Å². The van der Waals surface area contributed by atoms with Crippen LogP contribution in [-0.4, -0.2) is 22.6 Å². The van der Waals surface area contributed by atoms with Crippen molar-refractivity contribution in [2.75, 3.05) is 6.54 Å². The molecule has 2 fully saturated rings. The molecule has 1 saturated carbocycles. The molecule has 4 rings (SSSR count). The molecule has 0 bridgehead atoms. The summed E-state index contributed by atoms with van der Waals surface area (Å²) in [6.07, 6.45) is 7.66. The standard InChI is InChI=1S/C24H23BrINO3S/c25-20-12-18(8-11-21(20)30-15-17-6-9-19(26)10-7-17)13-22-23(28)27(24(29)31-22)14-16-4-2-1-3-5-16/h6-13,16H,1-5,14-15H2/b22-13+. The first-order chi connectivity index (χ1) is 15.0. The number of carbonyl (C=O) groups excluding carboxylic acids is 2. The second-order valence-electron chi connectivity index (χ2n) is 7.90. The van der Waals surface area contributed by atoms with E-state index in [2.05, 4.69) is 50.7 Å². The first-order valence-corrected chi connectivity index (χ1v) is 13.1. The van der Waals surface area contributed by atoms with Crippen LogP contribution in [0.3, 0.4) is 0 Å². The van der Waals surface area contributed by atoms with Gasteiger partial charge >= 0.3 is 0 Å². The summed E-state index contributed by atoms with van der Waals surface area (Å²) in [6, 6.07) is 13.9. The summed E-state index contributed by atoms with van der Waals surface area (Å²) in [4.78, 5) is 27.1. The Morgan fingerprint density at radius 1 is 1.10 bits per heavy atom. The molecule has 162 valence electrons. The molecule has 31 heavy (non-hydrogen) atoms. The Morgan fingerprint density at radius 3 is 2.55 bits per heavy atom. The van der Waals surface area contributed by atoms with Crippen LogP contribution >= 0.6 is 50.3 Å². The maximum atomic E-state index is 12.8. The Labute approximate surface area is 209 Å². The molecule has 2 aliphatic rings. The van der Waals surface area contributed by atoms with Crippen LogP contribution < -0.4 is 4.74 Å². The van der Waals surface area contributed by atoms with Crippen molar-refractivity contribution in [3.8, 4) is 5.75 Å². The number of imide groups is 1. The topological polar surface area (TPSA) is 46.6 Å². The molecule has 0 aromatic heterocycles. The van der Waals surface area contributed by atoms with Gasteiger partial charge < -0.3 is 4.74 Å². The first-order valence-electron chi connectivity index (χ1n) is 10.4. The number of hydrogen-bond acceptors (Lipinski definition) is 4. The summed E-state index contributed by atoms with van der Waals surface area (Å²) in [6.45, 7) is 1.03. The molecule has 2 aromatic rings. The smallest absolute Gasteiger partial charge is 0.293 e. The molecule has 1 aliphatic heterocycles. The molecule has 4 nitrogen and oxygen atoms in total. The van der Waals surface area contributed by atoms with Crippen molar-refractivity contribution >= 4 is 67.5 Å². The maximum absolute atomic E-state index is 12.8. The number of carbonyl (C=O) groups is 2. The van der Waals surface area contributed by atoms with Crippen LogP contribution in [0, 0.1) is 9.49 Å². The van der Waals surface area contributed by atoms with E-state index >= 15 is 0 Å². The van der Waals surface area contributed by atoms with Gasteiger partial charge in [0.1, 0.15) is 12.4 Å². The van der Waals surface area contributed by atoms with Gasteiger partial charge in [-0.25, -0.2) is 0 Å². The molecular weight excluding hydrogens is 589 g/mol. The Balaban J connectivity index is 1.41. The lowest BCUT2D eigenvalue weighted by molar-refractivity contribution is -0.123. The minimum atomic E-state index is -0.171. The minimum absolute atomic E-state index is 0.154. The number of halogens is 2. The van der Waals surface area contributed by atoms with E-state index in [1.165, 1.54) is 27.7 Å². The molecule has 1 heterocycles. The number of hydrogen-bond donors (Lipinski definition) is 0. The average molecular weight is 612 g/mol. The monoisotopic (exact) mass is 611 g/mol. The summed E-state index contributed by atoms with van der Waals surface area (Å²) in [5.41, 5.74) is 1.96. The molecule has 7 heteroatoms. The van der Waals surface area contributed by atoms with Gasteiger partial charge in [0.2, 0.25) is 0 Å². The zero-order chi connectivity index (χ0) is 21.8. The van der Waals surface area contributed by atoms with E-state index in [1.807, 2.05) is 30.3 Å². The molecule has 0 unspecified atom stereocenters. The van der Waals surface area contributed by atoms with Crippen molar-refractivity contribution in [3.63, 3.8) is 0 Å². The van der Waals surface area contributed by atoms with Crippen LogP contribution in [0.15, 0.2) is 51.8 Å². The third kappa shape index (κ3) is 5.93. The molecule has 2 aromatic carbocycles. The molecule has 0 N–H and O–H groups in total. The normalized spacial score (nSPS) is 18.8. The van der Waals surface area contributed by atoms with Gasteiger partial charge in [0, 0.05) is 10.1 Å². The van der Waals surface area contributed by atoms with Crippen LogP contribution in [0.25, 0.3) is 6.08 Å². The van der Waals surface area contributed by atoms with Crippen LogP contribution in [0.2, 0.25) is 0 Å². The highest BCUT2D eigenvalue weighted by atomic mass is 127. The van der Waals surface area contributed by atoms with Gasteiger partial charge in [-0.1, -0.05) is 37.5 Å². The fourth-order valence-electron chi connectivity index (χ4n) is 3.90. The van der Waals surface area contributed by atoms with Crippen LogP contribution in [0.1, 0.15) is 43.2 Å².